The van der Waals surface area contributed by atoms with Crippen LogP contribution in [0.1, 0.15) is 15.9 Å². The Bertz CT molecular complexity index is 673. The minimum absolute atomic E-state index is 0.172. The van der Waals surface area contributed by atoms with Gasteiger partial charge in [-0.15, -0.1) is 0 Å². The first kappa shape index (κ1) is 15.8. The zero-order chi connectivity index (χ0) is 16.1. The monoisotopic (exact) mass is 303 g/mol. The molecule has 0 saturated carbocycles. The molecule has 2 aromatic carbocycles. The summed E-state index contributed by atoms with van der Waals surface area (Å²) in [5.74, 6) is 0.252. The summed E-state index contributed by atoms with van der Waals surface area (Å²) in [7, 11) is 4.61. The van der Waals surface area contributed by atoms with E-state index < -0.39 is 0 Å². The van der Waals surface area contributed by atoms with E-state index in [0.717, 1.165) is 0 Å². The standard InChI is InChI=1S/C17H18FNO3/c1-19(11-12-7-4-5-9-14(12)18)17(20)13-8-6-10-15(21-2)16(13)22-3/h4-10H,11H2,1-3H3. The summed E-state index contributed by atoms with van der Waals surface area (Å²) in [5.41, 5.74) is 0.834. The minimum Gasteiger partial charge on any atom is -0.493 e. The van der Waals surface area contributed by atoms with Crippen LogP contribution in [0.5, 0.6) is 11.5 Å². The summed E-state index contributed by atoms with van der Waals surface area (Å²) in [6, 6.07) is 11.5. The van der Waals surface area contributed by atoms with Crippen molar-refractivity contribution >= 4 is 5.91 Å². The first-order chi connectivity index (χ1) is 10.6. The summed E-state index contributed by atoms with van der Waals surface area (Å²) < 4.78 is 24.2. The number of carbonyl (C=O) groups is 1. The van der Waals surface area contributed by atoms with E-state index in [1.54, 1.807) is 43.4 Å². The third-order valence-electron chi connectivity index (χ3n) is 3.35. The highest BCUT2D eigenvalue weighted by atomic mass is 19.1. The van der Waals surface area contributed by atoms with Crippen molar-refractivity contribution in [2.24, 2.45) is 0 Å². The first-order valence-corrected chi connectivity index (χ1v) is 6.78. The van der Waals surface area contributed by atoms with Crippen molar-refractivity contribution in [3.05, 3.63) is 59.4 Å². The van der Waals surface area contributed by atoms with Crippen molar-refractivity contribution in [3.63, 3.8) is 0 Å². The van der Waals surface area contributed by atoms with E-state index in [9.17, 15) is 9.18 Å². The number of hydrogen-bond donors (Lipinski definition) is 0. The van der Waals surface area contributed by atoms with Gasteiger partial charge in [0.05, 0.1) is 19.8 Å². The lowest BCUT2D eigenvalue weighted by Crippen LogP contribution is -2.27. The van der Waals surface area contributed by atoms with Crippen LogP contribution in [0, 0.1) is 5.82 Å². The van der Waals surface area contributed by atoms with Gasteiger partial charge >= 0.3 is 0 Å². The Labute approximate surface area is 129 Å². The topological polar surface area (TPSA) is 38.8 Å². The van der Waals surface area contributed by atoms with Gasteiger partial charge in [0.2, 0.25) is 0 Å². The molecule has 0 heterocycles. The van der Waals surface area contributed by atoms with Crippen LogP contribution >= 0.6 is 0 Å². The number of nitrogens with zero attached hydrogens (tertiary/aromatic N) is 1. The third-order valence-corrected chi connectivity index (χ3v) is 3.35. The van der Waals surface area contributed by atoms with Crippen molar-refractivity contribution in [1.82, 2.24) is 4.90 Å². The predicted molar refractivity (Wildman–Crippen MR) is 81.7 cm³/mol. The highest BCUT2D eigenvalue weighted by Gasteiger charge is 2.20. The fourth-order valence-corrected chi connectivity index (χ4v) is 2.22. The van der Waals surface area contributed by atoms with Crippen LogP contribution in [0.25, 0.3) is 0 Å². The maximum Gasteiger partial charge on any atom is 0.257 e. The molecule has 22 heavy (non-hydrogen) atoms. The maximum absolute atomic E-state index is 13.7. The molecular weight excluding hydrogens is 285 g/mol. The minimum atomic E-state index is -0.334. The zero-order valence-corrected chi connectivity index (χ0v) is 12.8. The highest BCUT2D eigenvalue weighted by molar-refractivity contribution is 5.97. The Morgan fingerprint density at radius 3 is 2.45 bits per heavy atom. The Morgan fingerprint density at radius 2 is 1.82 bits per heavy atom. The molecule has 2 aromatic rings. The van der Waals surface area contributed by atoms with Gasteiger partial charge in [-0.3, -0.25) is 4.79 Å². The summed E-state index contributed by atoms with van der Waals surface area (Å²) in [6.07, 6.45) is 0. The fourth-order valence-electron chi connectivity index (χ4n) is 2.22. The number of halogens is 1. The molecule has 116 valence electrons. The summed E-state index contributed by atoms with van der Waals surface area (Å²) in [4.78, 5) is 14.0. The average molecular weight is 303 g/mol. The molecule has 0 aromatic heterocycles. The molecule has 5 heteroatoms. The van der Waals surface area contributed by atoms with Crippen molar-refractivity contribution in [1.29, 1.82) is 0 Å². The lowest BCUT2D eigenvalue weighted by Gasteiger charge is -2.20. The fraction of sp³-hybridized carbons (Fsp3) is 0.235. The van der Waals surface area contributed by atoms with Crippen LogP contribution in [-0.4, -0.2) is 32.1 Å². The van der Waals surface area contributed by atoms with Gasteiger partial charge in [0.25, 0.3) is 5.91 Å². The molecule has 0 radical (unpaired) electrons. The number of hydrogen-bond acceptors (Lipinski definition) is 3. The van der Waals surface area contributed by atoms with Crippen LogP contribution in [0.4, 0.5) is 4.39 Å². The first-order valence-electron chi connectivity index (χ1n) is 6.78. The summed E-state index contributed by atoms with van der Waals surface area (Å²) in [6.45, 7) is 0.172. The van der Waals surface area contributed by atoms with Crippen molar-refractivity contribution in [2.75, 3.05) is 21.3 Å². The number of methoxy groups -OCH3 is 2. The van der Waals surface area contributed by atoms with Crippen molar-refractivity contribution < 1.29 is 18.7 Å². The molecule has 0 spiro atoms. The van der Waals surface area contributed by atoms with Gasteiger partial charge in [-0.05, 0) is 18.2 Å². The quantitative estimate of drug-likeness (QED) is 0.852. The van der Waals surface area contributed by atoms with Gasteiger partial charge in [0, 0.05) is 19.2 Å². The molecule has 0 saturated heterocycles. The molecule has 0 aliphatic heterocycles. The summed E-state index contributed by atoms with van der Waals surface area (Å²) in [5, 5.41) is 0. The van der Waals surface area contributed by atoms with E-state index in [1.165, 1.54) is 25.2 Å². The number of carbonyl (C=O) groups excluding carboxylic acids is 1. The van der Waals surface area contributed by atoms with Gasteiger partial charge in [-0.1, -0.05) is 24.3 Å². The number of ether oxygens (including phenoxy) is 2. The maximum atomic E-state index is 13.7. The van der Waals surface area contributed by atoms with Gasteiger partial charge < -0.3 is 14.4 Å². The second-order valence-electron chi connectivity index (χ2n) is 4.79. The molecule has 0 atom stereocenters. The van der Waals surface area contributed by atoms with E-state index in [1.807, 2.05) is 0 Å². The van der Waals surface area contributed by atoms with Crippen molar-refractivity contribution in [2.45, 2.75) is 6.54 Å². The number of amides is 1. The van der Waals surface area contributed by atoms with E-state index >= 15 is 0 Å². The molecule has 0 N–H and O–H groups in total. The van der Waals surface area contributed by atoms with E-state index in [4.69, 9.17) is 9.47 Å². The van der Waals surface area contributed by atoms with Gasteiger partial charge in [0.1, 0.15) is 5.82 Å². The smallest absolute Gasteiger partial charge is 0.257 e. The van der Waals surface area contributed by atoms with Gasteiger partial charge in [0.15, 0.2) is 11.5 Å². The zero-order valence-electron chi connectivity index (χ0n) is 12.8. The van der Waals surface area contributed by atoms with E-state index in [0.29, 0.717) is 22.6 Å². The Balaban J connectivity index is 2.26. The molecule has 4 nitrogen and oxygen atoms in total. The molecule has 0 aliphatic rings. The molecular formula is C17H18FNO3. The Morgan fingerprint density at radius 1 is 1.09 bits per heavy atom. The van der Waals surface area contributed by atoms with Gasteiger partial charge in [-0.2, -0.15) is 0 Å². The number of rotatable bonds is 5. The van der Waals surface area contributed by atoms with Crippen molar-refractivity contribution in [3.8, 4) is 11.5 Å². The lowest BCUT2D eigenvalue weighted by molar-refractivity contribution is 0.0780. The van der Waals surface area contributed by atoms with E-state index in [2.05, 4.69) is 0 Å². The Kier molecular flexibility index (Phi) is 4.99. The number of benzene rings is 2. The lowest BCUT2D eigenvalue weighted by atomic mass is 10.1. The number of para-hydroxylation sites is 1. The van der Waals surface area contributed by atoms with Crippen LogP contribution in [0.3, 0.4) is 0 Å². The summed E-state index contributed by atoms with van der Waals surface area (Å²) >= 11 is 0. The largest absolute Gasteiger partial charge is 0.493 e. The molecule has 2 rings (SSSR count). The molecule has 0 aliphatic carbocycles. The van der Waals surface area contributed by atoms with Crippen LogP contribution in [0.15, 0.2) is 42.5 Å². The van der Waals surface area contributed by atoms with Gasteiger partial charge in [-0.25, -0.2) is 4.39 Å². The SMILES string of the molecule is COc1cccc(C(=O)N(C)Cc2ccccc2F)c1OC. The molecule has 0 fully saturated rings. The normalized spacial score (nSPS) is 10.2. The second kappa shape index (κ2) is 6.93. The molecule has 0 unspecified atom stereocenters. The van der Waals surface area contributed by atoms with Crippen LogP contribution in [0.2, 0.25) is 0 Å². The predicted octanol–water partition coefficient (Wildman–Crippen LogP) is 3.12. The van der Waals surface area contributed by atoms with Crippen LogP contribution < -0.4 is 9.47 Å². The van der Waals surface area contributed by atoms with E-state index in [-0.39, 0.29) is 18.3 Å². The highest BCUT2D eigenvalue weighted by Crippen LogP contribution is 2.31. The molecule has 0 bridgehead atoms. The second-order valence-corrected chi connectivity index (χ2v) is 4.79. The Hall–Kier alpha value is -2.56. The van der Waals surface area contributed by atoms with Crippen LogP contribution in [-0.2, 0) is 6.54 Å². The third kappa shape index (κ3) is 3.19. The molecule has 1 amide bonds. The average Bonchev–Trinajstić information content (AvgIpc) is 2.55.